The number of nitrogens with zero attached hydrogens (tertiary/aromatic N) is 1. The number of ether oxygens (including phenoxy) is 3. The molecule has 0 aromatic heterocycles. The largest absolute Gasteiger partial charge is 0.494 e. The van der Waals surface area contributed by atoms with E-state index in [0.29, 0.717) is 19.6 Å². The Labute approximate surface area is 214 Å². The Morgan fingerprint density at radius 2 is 1.92 bits per heavy atom. The van der Waals surface area contributed by atoms with Crippen LogP contribution in [0.25, 0.3) is 0 Å². The molecule has 4 rings (SSSR count). The van der Waals surface area contributed by atoms with E-state index in [1.807, 2.05) is 38.1 Å². The lowest BCUT2D eigenvalue weighted by Gasteiger charge is -2.34. The van der Waals surface area contributed by atoms with Crippen LogP contribution in [-0.4, -0.2) is 66.7 Å². The average Bonchev–Trinajstić information content (AvgIpc) is 3.27. The Balaban J connectivity index is 1.64. The molecule has 3 aliphatic rings. The molecule has 0 radical (unpaired) electrons. The van der Waals surface area contributed by atoms with Crippen molar-refractivity contribution >= 4 is 17.8 Å². The molecule has 1 aliphatic carbocycles. The van der Waals surface area contributed by atoms with Gasteiger partial charge in [-0.15, -0.1) is 0 Å². The number of hydrogen-bond donors (Lipinski definition) is 1. The smallest absolute Gasteiger partial charge is 0.328 e. The number of amides is 2. The zero-order valence-electron chi connectivity index (χ0n) is 21.8. The van der Waals surface area contributed by atoms with Crippen molar-refractivity contribution in [2.24, 2.45) is 5.92 Å². The highest BCUT2D eigenvalue weighted by Gasteiger charge is 2.46. The Morgan fingerprint density at radius 1 is 1.14 bits per heavy atom. The van der Waals surface area contributed by atoms with E-state index >= 15 is 0 Å². The van der Waals surface area contributed by atoms with Gasteiger partial charge in [-0.1, -0.05) is 31.4 Å². The van der Waals surface area contributed by atoms with Crippen molar-refractivity contribution in [1.29, 1.82) is 0 Å². The molecule has 2 fully saturated rings. The van der Waals surface area contributed by atoms with Crippen LogP contribution in [0.3, 0.4) is 0 Å². The molecule has 0 unspecified atom stereocenters. The van der Waals surface area contributed by atoms with Gasteiger partial charge in [0.25, 0.3) is 0 Å². The van der Waals surface area contributed by atoms with Gasteiger partial charge in [0.05, 0.1) is 31.8 Å². The van der Waals surface area contributed by atoms with E-state index in [2.05, 4.69) is 5.32 Å². The van der Waals surface area contributed by atoms with Gasteiger partial charge in [0.1, 0.15) is 17.8 Å². The summed E-state index contributed by atoms with van der Waals surface area (Å²) in [6, 6.07) is 6.17. The van der Waals surface area contributed by atoms with E-state index in [4.69, 9.17) is 14.2 Å². The predicted molar refractivity (Wildman–Crippen MR) is 134 cm³/mol. The first-order valence-electron chi connectivity index (χ1n) is 13.3. The molecule has 3 atom stereocenters. The second-order valence-corrected chi connectivity index (χ2v) is 11.0. The summed E-state index contributed by atoms with van der Waals surface area (Å²) < 4.78 is 17.4. The number of methoxy groups -OCH3 is 1. The minimum atomic E-state index is -0.717. The lowest BCUT2D eigenvalue weighted by molar-refractivity contribution is -0.152. The van der Waals surface area contributed by atoms with Gasteiger partial charge in [0.15, 0.2) is 0 Å². The molecular formula is C28H40N2O6. The van der Waals surface area contributed by atoms with Gasteiger partial charge in [-0.25, -0.2) is 4.79 Å². The van der Waals surface area contributed by atoms with Crippen molar-refractivity contribution in [1.82, 2.24) is 10.2 Å². The number of fused-ring (bicyclic) bond motifs is 4. The molecule has 8 heteroatoms. The van der Waals surface area contributed by atoms with E-state index in [0.717, 1.165) is 56.3 Å². The molecule has 0 spiro atoms. The van der Waals surface area contributed by atoms with Crippen molar-refractivity contribution in [2.75, 3.05) is 20.3 Å². The second kappa shape index (κ2) is 11.6. The van der Waals surface area contributed by atoms with E-state index in [1.165, 1.54) is 7.11 Å². The van der Waals surface area contributed by atoms with Crippen molar-refractivity contribution in [3.63, 3.8) is 0 Å². The van der Waals surface area contributed by atoms with Crippen LogP contribution in [-0.2, 0) is 30.3 Å². The lowest BCUT2D eigenvalue weighted by Crippen LogP contribution is -2.55. The Kier molecular flexibility index (Phi) is 8.54. The van der Waals surface area contributed by atoms with Crippen LogP contribution in [0.5, 0.6) is 5.75 Å². The summed E-state index contributed by atoms with van der Waals surface area (Å²) in [5.74, 6) is -0.0873. The van der Waals surface area contributed by atoms with Crippen molar-refractivity contribution in [3.05, 3.63) is 29.8 Å². The highest BCUT2D eigenvalue weighted by Crippen LogP contribution is 2.32. The third-order valence-corrected chi connectivity index (χ3v) is 7.66. The van der Waals surface area contributed by atoms with Crippen LogP contribution in [0.2, 0.25) is 0 Å². The molecular weight excluding hydrogens is 460 g/mol. The zero-order valence-corrected chi connectivity index (χ0v) is 21.8. The summed E-state index contributed by atoms with van der Waals surface area (Å²) in [6.45, 7) is 4.90. The highest BCUT2D eigenvalue weighted by molar-refractivity contribution is 5.92. The van der Waals surface area contributed by atoms with E-state index in [1.54, 1.807) is 4.90 Å². The number of carbonyl (C=O) groups excluding carboxylic acids is 3. The van der Waals surface area contributed by atoms with Gasteiger partial charge >= 0.3 is 5.97 Å². The highest BCUT2D eigenvalue weighted by atomic mass is 16.5. The molecule has 2 heterocycles. The molecule has 198 valence electrons. The monoisotopic (exact) mass is 500 g/mol. The van der Waals surface area contributed by atoms with Gasteiger partial charge in [-0.2, -0.15) is 0 Å². The summed E-state index contributed by atoms with van der Waals surface area (Å²) in [5.41, 5.74) is 0.391. The Morgan fingerprint density at radius 3 is 2.67 bits per heavy atom. The third kappa shape index (κ3) is 6.58. The third-order valence-electron chi connectivity index (χ3n) is 7.66. The van der Waals surface area contributed by atoms with Gasteiger partial charge < -0.3 is 24.4 Å². The van der Waals surface area contributed by atoms with Crippen LogP contribution >= 0.6 is 0 Å². The molecule has 2 aliphatic heterocycles. The van der Waals surface area contributed by atoms with Crippen LogP contribution in [0.4, 0.5) is 0 Å². The second-order valence-electron chi connectivity index (χ2n) is 11.0. The molecule has 1 saturated heterocycles. The summed E-state index contributed by atoms with van der Waals surface area (Å²) in [7, 11) is 1.34. The van der Waals surface area contributed by atoms with Gasteiger partial charge in [0.2, 0.25) is 11.8 Å². The number of carbonyl (C=O) groups is 3. The number of hydrogen-bond acceptors (Lipinski definition) is 6. The maximum atomic E-state index is 14.0. The maximum Gasteiger partial charge on any atom is 0.328 e. The molecule has 8 nitrogen and oxygen atoms in total. The number of nitrogens with one attached hydrogen (secondary N) is 1. The van der Waals surface area contributed by atoms with Gasteiger partial charge in [-0.05, 0) is 63.1 Å². The quantitative estimate of drug-likeness (QED) is 0.626. The number of benzene rings is 1. The van der Waals surface area contributed by atoms with Gasteiger partial charge in [-0.3, -0.25) is 9.59 Å². The standard InChI is InChI=1S/C28H40N2O6/c1-28(2)13-8-14-35-21-12-7-9-19(15-21)16-24(31)29-25(20-10-5-4-6-11-20)26(32)30-18-22(36-28)17-23(30)27(33)34-3/h7,9,12,15,20,22-23,25H,4-6,8,10-11,13-14,16-18H2,1-3H3,(H,29,31)/t22-,23+,25-/m1/s1. The first-order valence-corrected chi connectivity index (χ1v) is 13.3. The molecule has 1 aromatic rings. The normalized spacial score (nSPS) is 28.1. The van der Waals surface area contributed by atoms with Crippen molar-refractivity contribution in [2.45, 2.75) is 95.4 Å². The first-order chi connectivity index (χ1) is 17.3. The zero-order chi connectivity index (χ0) is 25.7. The molecule has 36 heavy (non-hydrogen) atoms. The summed E-state index contributed by atoms with van der Waals surface area (Å²) in [6.07, 6.45) is 6.77. The van der Waals surface area contributed by atoms with Crippen LogP contribution in [0, 0.1) is 5.92 Å². The lowest BCUT2D eigenvalue weighted by atomic mass is 9.83. The SMILES string of the molecule is COC(=O)[C@@H]1C[C@@H]2CN1C(=O)[C@@H](C1CCCCC1)NC(=O)Cc1cccc(c1)OCCCC(C)(C)O2. The fourth-order valence-electron chi connectivity index (χ4n) is 5.87. The van der Waals surface area contributed by atoms with Crippen LogP contribution < -0.4 is 10.1 Å². The topological polar surface area (TPSA) is 94.2 Å². The summed E-state index contributed by atoms with van der Waals surface area (Å²) in [4.78, 5) is 41.4. The van der Waals surface area contributed by atoms with E-state index in [9.17, 15) is 14.4 Å². The first kappa shape index (κ1) is 26.5. The van der Waals surface area contributed by atoms with E-state index in [-0.39, 0.29) is 30.3 Å². The Hall–Kier alpha value is -2.61. The minimum absolute atomic E-state index is 0.0432. The number of rotatable bonds is 2. The Bertz CT molecular complexity index is 942. The van der Waals surface area contributed by atoms with Crippen molar-refractivity contribution in [3.8, 4) is 5.75 Å². The average molecular weight is 501 g/mol. The molecule has 1 saturated carbocycles. The predicted octanol–water partition coefficient (Wildman–Crippen LogP) is 3.40. The minimum Gasteiger partial charge on any atom is -0.494 e. The molecule has 1 aromatic carbocycles. The maximum absolute atomic E-state index is 14.0. The summed E-state index contributed by atoms with van der Waals surface area (Å²) in [5, 5.41) is 3.05. The molecule has 1 N–H and O–H groups in total. The van der Waals surface area contributed by atoms with Gasteiger partial charge in [0, 0.05) is 13.0 Å². The van der Waals surface area contributed by atoms with E-state index < -0.39 is 23.7 Å². The fourth-order valence-corrected chi connectivity index (χ4v) is 5.87. The fraction of sp³-hybridized carbons (Fsp3) is 0.679. The molecule has 4 bridgehead atoms. The van der Waals surface area contributed by atoms with Crippen molar-refractivity contribution < 1.29 is 28.6 Å². The molecule has 2 amide bonds. The number of esters is 1. The summed E-state index contributed by atoms with van der Waals surface area (Å²) >= 11 is 0. The van der Waals surface area contributed by atoms with Crippen LogP contribution in [0.15, 0.2) is 24.3 Å². The van der Waals surface area contributed by atoms with Crippen LogP contribution in [0.1, 0.15) is 70.8 Å².